The van der Waals surface area contributed by atoms with Crippen molar-refractivity contribution in [2.24, 2.45) is 0 Å². The van der Waals surface area contributed by atoms with Crippen LogP contribution in [0.5, 0.6) is 0 Å². The highest BCUT2D eigenvalue weighted by atomic mass is 16.2. The minimum atomic E-state index is -0.537. The number of fused-ring (bicyclic) bond motifs is 1. The van der Waals surface area contributed by atoms with Gasteiger partial charge in [0.05, 0.1) is 6.54 Å². The molecule has 1 atom stereocenters. The van der Waals surface area contributed by atoms with Crippen LogP contribution in [-0.2, 0) is 4.79 Å². The first-order valence-electron chi connectivity index (χ1n) is 8.44. The van der Waals surface area contributed by atoms with E-state index in [2.05, 4.69) is 15.6 Å². The van der Waals surface area contributed by atoms with Gasteiger partial charge in [-0.15, -0.1) is 0 Å². The lowest BCUT2D eigenvalue weighted by Crippen LogP contribution is -2.46. The maximum Gasteiger partial charge on any atom is 0.257 e. The molecule has 1 unspecified atom stereocenters. The largest absolute Gasteiger partial charge is 0.360 e. The van der Waals surface area contributed by atoms with E-state index < -0.39 is 5.91 Å². The molecule has 1 aromatic carbocycles. The molecular formula is C18H22N4O3. The van der Waals surface area contributed by atoms with Crippen molar-refractivity contribution < 1.29 is 9.59 Å². The van der Waals surface area contributed by atoms with E-state index in [9.17, 15) is 14.4 Å². The highest BCUT2D eigenvalue weighted by Crippen LogP contribution is 2.16. The number of nitrogens with zero attached hydrogens (tertiary/aromatic N) is 1. The molecule has 1 aliphatic rings. The quantitative estimate of drug-likeness (QED) is 0.736. The average Bonchev–Trinajstić information content (AvgIpc) is 3.09. The molecule has 1 saturated heterocycles. The van der Waals surface area contributed by atoms with Crippen molar-refractivity contribution >= 4 is 22.7 Å². The van der Waals surface area contributed by atoms with Crippen LogP contribution in [-0.4, -0.2) is 54.4 Å². The first kappa shape index (κ1) is 17.2. The fraction of sp³-hybridized carbons (Fsp3) is 0.389. The Balaban J connectivity index is 1.68. The predicted molar refractivity (Wildman–Crippen MR) is 95.6 cm³/mol. The van der Waals surface area contributed by atoms with Crippen molar-refractivity contribution in [2.75, 3.05) is 26.7 Å². The normalized spacial score (nSPS) is 17.0. The molecule has 0 radical (unpaired) electrons. The Morgan fingerprint density at radius 2 is 2.12 bits per heavy atom. The van der Waals surface area contributed by atoms with Crippen LogP contribution >= 0.6 is 0 Å². The van der Waals surface area contributed by atoms with Crippen LogP contribution in [0.3, 0.4) is 0 Å². The van der Waals surface area contributed by atoms with Crippen molar-refractivity contribution in [1.82, 2.24) is 20.5 Å². The van der Waals surface area contributed by atoms with Gasteiger partial charge in [0.15, 0.2) is 0 Å². The smallest absolute Gasteiger partial charge is 0.257 e. The number of carbonyl (C=O) groups excluding carboxylic acids is 2. The van der Waals surface area contributed by atoms with Crippen LogP contribution in [0.15, 0.2) is 35.3 Å². The lowest BCUT2D eigenvalue weighted by molar-refractivity contribution is -0.130. The van der Waals surface area contributed by atoms with Crippen LogP contribution in [0.25, 0.3) is 10.9 Å². The molecule has 2 amide bonds. The van der Waals surface area contributed by atoms with E-state index in [0.717, 1.165) is 19.4 Å². The highest BCUT2D eigenvalue weighted by Gasteiger charge is 2.28. The molecule has 25 heavy (non-hydrogen) atoms. The summed E-state index contributed by atoms with van der Waals surface area (Å²) in [6, 6.07) is 7.17. The number of aromatic nitrogens is 1. The molecule has 7 heteroatoms. The van der Waals surface area contributed by atoms with Crippen LogP contribution in [0.2, 0.25) is 0 Å². The number of nitrogens with one attached hydrogen (secondary N) is 3. The van der Waals surface area contributed by atoms with Crippen LogP contribution in [0, 0.1) is 0 Å². The third-order valence-electron chi connectivity index (χ3n) is 4.57. The molecule has 0 aliphatic carbocycles. The van der Waals surface area contributed by atoms with E-state index in [1.807, 2.05) is 13.1 Å². The van der Waals surface area contributed by atoms with Crippen LogP contribution in [0.1, 0.15) is 23.2 Å². The second kappa shape index (κ2) is 7.48. The van der Waals surface area contributed by atoms with Gasteiger partial charge >= 0.3 is 0 Å². The number of aromatic amines is 1. The summed E-state index contributed by atoms with van der Waals surface area (Å²) in [5.41, 5.74) is 0.348. The van der Waals surface area contributed by atoms with Gasteiger partial charge in [-0.2, -0.15) is 0 Å². The Hall–Kier alpha value is -2.67. The van der Waals surface area contributed by atoms with Crippen molar-refractivity contribution in [3.8, 4) is 0 Å². The zero-order valence-corrected chi connectivity index (χ0v) is 14.2. The molecule has 3 N–H and O–H groups in total. The minimum Gasteiger partial charge on any atom is -0.360 e. The molecular weight excluding hydrogens is 320 g/mol. The molecule has 1 aromatic heterocycles. The summed E-state index contributed by atoms with van der Waals surface area (Å²) in [7, 11) is 1.86. The molecule has 2 heterocycles. The van der Waals surface area contributed by atoms with Gasteiger partial charge in [-0.05, 0) is 32.0 Å². The fourth-order valence-electron chi connectivity index (χ4n) is 3.30. The number of para-hydroxylation sites is 1. The number of benzene rings is 1. The van der Waals surface area contributed by atoms with Gasteiger partial charge in [0.1, 0.15) is 5.56 Å². The maximum atomic E-state index is 12.4. The van der Waals surface area contributed by atoms with Gasteiger partial charge in [0.2, 0.25) is 11.3 Å². The number of hydrogen-bond acceptors (Lipinski definition) is 4. The zero-order valence-electron chi connectivity index (χ0n) is 14.2. The molecule has 0 bridgehead atoms. The second-order valence-corrected chi connectivity index (χ2v) is 6.20. The lowest BCUT2D eigenvalue weighted by atomic mass is 10.1. The summed E-state index contributed by atoms with van der Waals surface area (Å²) in [4.78, 5) is 41.8. The number of likely N-dealkylation sites (N-methyl/N-ethyl adjacent to an activating group) is 1. The fourth-order valence-corrected chi connectivity index (χ4v) is 3.30. The number of pyridine rings is 1. The molecule has 2 aromatic rings. The van der Waals surface area contributed by atoms with E-state index in [-0.39, 0.29) is 29.5 Å². The van der Waals surface area contributed by atoms with E-state index in [0.29, 0.717) is 17.4 Å². The topological polar surface area (TPSA) is 94.3 Å². The third-order valence-corrected chi connectivity index (χ3v) is 4.57. The monoisotopic (exact) mass is 342 g/mol. The van der Waals surface area contributed by atoms with E-state index in [1.54, 1.807) is 23.1 Å². The Labute approximate surface area is 145 Å². The lowest BCUT2D eigenvalue weighted by Gasteiger charge is -2.24. The van der Waals surface area contributed by atoms with Gasteiger partial charge in [-0.1, -0.05) is 12.1 Å². The molecule has 7 nitrogen and oxygen atoms in total. The third kappa shape index (κ3) is 3.56. The summed E-state index contributed by atoms with van der Waals surface area (Å²) in [5, 5.41) is 6.11. The van der Waals surface area contributed by atoms with Crippen molar-refractivity contribution in [3.05, 3.63) is 46.2 Å². The molecule has 132 valence electrons. The molecule has 0 spiro atoms. The summed E-state index contributed by atoms with van der Waals surface area (Å²) in [5.74, 6) is -0.659. The van der Waals surface area contributed by atoms with Crippen molar-refractivity contribution in [2.45, 2.75) is 18.9 Å². The number of hydrogen-bond donors (Lipinski definition) is 3. The number of amides is 2. The molecule has 1 fully saturated rings. The molecule has 0 saturated carbocycles. The maximum absolute atomic E-state index is 12.4. The predicted octanol–water partition coefficient (Wildman–Crippen LogP) is 0.468. The number of likely N-dealkylation sites (tertiary alicyclic amines) is 1. The van der Waals surface area contributed by atoms with E-state index in [1.165, 1.54) is 6.20 Å². The number of carbonyl (C=O) groups is 2. The van der Waals surface area contributed by atoms with Gasteiger partial charge < -0.3 is 20.5 Å². The van der Waals surface area contributed by atoms with Gasteiger partial charge in [-0.3, -0.25) is 14.4 Å². The van der Waals surface area contributed by atoms with Gasteiger partial charge in [-0.25, -0.2) is 0 Å². The number of H-pyrrole nitrogens is 1. The van der Waals surface area contributed by atoms with Gasteiger partial charge in [0.25, 0.3) is 5.91 Å². The first-order valence-corrected chi connectivity index (χ1v) is 8.44. The summed E-state index contributed by atoms with van der Waals surface area (Å²) < 4.78 is 0. The standard InChI is InChI=1S/C18H22N4O3/c1-19-9-12-5-4-8-22(12)16(23)11-21-18(25)14-10-20-15-7-3-2-6-13(15)17(14)24/h2-3,6-7,10,12,19H,4-5,8-9,11H2,1H3,(H,20,24)(H,21,25). The summed E-state index contributed by atoms with van der Waals surface area (Å²) in [6.07, 6.45) is 3.32. The zero-order chi connectivity index (χ0) is 17.8. The summed E-state index contributed by atoms with van der Waals surface area (Å²) >= 11 is 0. The van der Waals surface area contributed by atoms with Crippen molar-refractivity contribution in [3.63, 3.8) is 0 Å². The van der Waals surface area contributed by atoms with E-state index >= 15 is 0 Å². The Bertz CT molecular complexity index is 846. The van der Waals surface area contributed by atoms with Gasteiger partial charge in [0, 0.05) is 36.2 Å². The second-order valence-electron chi connectivity index (χ2n) is 6.20. The van der Waals surface area contributed by atoms with Crippen LogP contribution < -0.4 is 16.1 Å². The number of rotatable bonds is 5. The van der Waals surface area contributed by atoms with E-state index in [4.69, 9.17) is 0 Å². The molecule has 1 aliphatic heterocycles. The minimum absolute atomic E-state index is 0.0136. The summed E-state index contributed by atoms with van der Waals surface area (Å²) in [6.45, 7) is 1.34. The highest BCUT2D eigenvalue weighted by molar-refractivity contribution is 5.98. The first-order chi connectivity index (χ1) is 12.1. The average molecular weight is 342 g/mol. The van der Waals surface area contributed by atoms with Crippen molar-refractivity contribution in [1.29, 1.82) is 0 Å². The SMILES string of the molecule is CNCC1CCCN1C(=O)CNC(=O)c1c[nH]c2ccccc2c1=O. The Morgan fingerprint density at radius 3 is 2.92 bits per heavy atom. The Morgan fingerprint density at radius 1 is 1.32 bits per heavy atom. The Kier molecular flexibility index (Phi) is 5.14. The van der Waals surface area contributed by atoms with Crippen LogP contribution in [0.4, 0.5) is 0 Å². The molecule has 3 rings (SSSR count).